The molecule has 0 saturated heterocycles. The van der Waals surface area contributed by atoms with Gasteiger partial charge in [0.1, 0.15) is 0 Å². The monoisotopic (exact) mass is 289 g/mol. The summed E-state index contributed by atoms with van der Waals surface area (Å²) in [5, 5.41) is 0.0127. The van der Waals surface area contributed by atoms with Gasteiger partial charge in [0.25, 0.3) is 10.0 Å². The number of likely N-dealkylation sites (N-methyl/N-ethyl adjacent to an activating group) is 1. The number of aromatic nitrogens is 2. The quantitative estimate of drug-likeness (QED) is 0.737. The number of aryl methyl sites for hydroxylation is 1. The van der Waals surface area contributed by atoms with Crippen LogP contribution in [-0.4, -0.2) is 49.0 Å². The highest BCUT2D eigenvalue weighted by Gasteiger charge is 2.22. The lowest BCUT2D eigenvalue weighted by atomic mass is 10.2. The molecule has 0 saturated carbocycles. The summed E-state index contributed by atoms with van der Waals surface area (Å²) < 4.78 is 28.1. The van der Waals surface area contributed by atoms with Crippen LogP contribution in [0.3, 0.4) is 0 Å². The molecular weight excluding hydrogens is 266 g/mol. The van der Waals surface area contributed by atoms with E-state index in [9.17, 15) is 8.42 Å². The first-order valence-corrected chi connectivity index (χ1v) is 7.74. The predicted octanol–water partition coefficient (Wildman–Crippen LogP) is 0.0109. The first-order chi connectivity index (χ1) is 8.79. The topological polar surface area (TPSA) is 93.2 Å². The molecule has 0 aliphatic carbocycles. The van der Waals surface area contributed by atoms with E-state index in [0.717, 1.165) is 6.42 Å². The molecule has 0 amide bonds. The van der Waals surface area contributed by atoms with Gasteiger partial charge in [-0.05, 0) is 20.4 Å². The van der Waals surface area contributed by atoms with Gasteiger partial charge >= 0.3 is 0 Å². The van der Waals surface area contributed by atoms with Crippen LogP contribution >= 0.6 is 0 Å². The Balaban J connectivity index is 2.63. The molecule has 1 aromatic rings. The summed E-state index contributed by atoms with van der Waals surface area (Å²) in [6.07, 6.45) is 2.41. The average Bonchev–Trinajstić information content (AvgIpc) is 2.68. The van der Waals surface area contributed by atoms with Crippen LogP contribution in [0.1, 0.15) is 20.3 Å². The molecule has 0 aliphatic heterocycles. The zero-order valence-corrected chi connectivity index (χ0v) is 12.7. The fraction of sp³-hybridized carbons (Fsp3) is 0.727. The van der Waals surface area contributed by atoms with E-state index >= 15 is 0 Å². The molecule has 0 aliphatic rings. The highest BCUT2D eigenvalue weighted by atomic mass is 32.2. The summed E-state index contributed by atoms with van der Waals surface area (Å²) in [6, 6.07) is 0.422. The van der Waals surface area contributed by atoms with Crippen LogP contribution < -0.4 is 10.5 Å². The van der Waals surface area contributed by atoms with E-state index in [1.54, 1.807) is 7.05 Å². The third-order valence-electron chi connectivity index (χ3n) is 3.26. The number of anilines is 1. The molecule has 1 unspecified atom stereocenters. The second-order valence-electron chi connectivity index (χ2n) is 4.68. The highest BCUT2D eigenvalue weighted by molar-refractivity contribution is 7.89. The van der Waals surface area contributed by atoms with E-state index < -0.39 is 10.0 Å². The molecule has 1 rings (SSSR count). The molecule has 0 radical (unpaired) electrons. The maximum absolute atomic E-state index is 12.1. The summed E-state index contributed by atoms with van der Waals surface area (Å²) in [7, 11) is -0.0341. The van der Waals surface area contributed by atoms with Gasteiger partial charge in [-0.3, -0.25) is 0 Å². The van der Waals surface area contributed by atoms with Gasteiger partial charge in [0.15, 0.2) is 10.8 Å². The number of nitrogen functional groups attached to an aromatic ring is 1. The van der Waals surface area contributed by atoms with E-state index in [1.807, 2.05) is 7.05 Å². The van der Waals surface area contributed by atoms with Gasteiger partial charge in [0, 0.05) is 26.2 Å². The Morgan fingerprint density at radius 1 is 1.58 bits per heavy atom. The Bertz CT molecular complexity index is 492. The lowest BCUT2D eigenvalue weighted by molar-refractivity contribution is 0.256. The van der Waals surface area contributed by atoms with Crippen LogP contribution in [0, 0.1) is 0 Å². The van der Waals surface area contributed by atoms with Crippen LogP contribution in [0.5, 0.6) is 0 Å². The van der Waals surface area contributed by atoms with Crippen molar-refractivity contribution in [3.8, 4) is 0 Å². The largest absolute Gasteiger partial charge is 0.381 e. The summed E-state index contributed by atoms with van der Waals surface area (Å²) >= 11 is 0. The zero-order chi connectivity index (χ0) is 14.6. The molecule has 0 bridgehead atoms. The first kappa shape index (κ1) is 15.9. The van der Waals surface area contributed by atoms with Crippen LogP contribution in [0.15, 0.2) is 11.4 Å². The minimum Gasteiger partial charge on any atom is -0.381 e. The molecule has 1 atom stereocenters. The van der Waals surface area contributed by atoms with E-state index in [0.29, 0.717) is 19.1 Å². The Hall–Kier alpha value is -1.12. The van der Waals surface area contributed by atoms with Gasteiger partial charge in [-0.1, -0.05) is 6.92 Å². The number of nitrogens with zero attached hydrogens (tertiary/aromatic N) is 3. The lowest BCUT2D eigenvalue weighted by Crippen LogP contribution is -2.37. The third-order valence-corrected chi connectivity index (χ3v) is 4.85. The summed E-state index contributed by atoms with van der Waals surface area (Å²) in [5.41, 5.74) is 5.57. The Labute approximate surface area is 114 Å². The lowest BCUT2D eigenvalue weighted by Gasteiger charge is -2.23. The van der Waals surface area contributed by atoms with Crippen molar-refractivity contribution in [2.24, 2.45) is 7.05 Å². The van der Waals surface area contributed by atoms with Crippen molar-refractivity contribution in [2.45, 2.75) is 31.3 Å². The van der Waals surface area contributed by atoms with Crippen LogP contribution in [-0.2, 0) is 17.1 Å². The predicted molar refractivity (Wildman–Crippen MR) is 75.2 cm³/mol. The number of sulfonamides is 1. The number of nitrogens with one attached hydrogen (secondary N) is 1. The van der Waals surface area contributed by atoms with Crippen molar-refractivity contribution in [1.82, 2.24) is 19.2 Å². The Morgan fingerprint density at radius 2 is 2.21 bits per heavy atom. The molecule has 110 valence electrons. The van der Waals surface area contributed by atoms with Gasteiger partial charge in [0.05, 0.1) is 6.33 Å². The third kappa shape index (κ3) is 3.92. The molecule has 1 aromatic heterocycles. The van der Waals surface area contributed by atoms with Gasteiger partial charge in [-0.15, -0.1) is 0 Å². The van der Waals surface area contributed by atoms with Crippen LogP contribution in [0.4, 0.5) is 5.82 Å². The summed E-state index contributed by atoms with van der Waals surface area (Å²) in [6.45, 7) is 5.19. The van der Waals surface area contributed by atoms with Gasteiger partial charge in [0.2, 0.25) is 0 Å². The Morgan fingerprint density at radius 3 is 2.68 bits per heavy atom. The number of rotatable bonds is 7. The molecule has 1 heterocycles. The fourth-order valence-corrected chi connectivity index (χ4v) is 2.97. The number of hydrogen-bond acceptors (Lipinski definition) is 5. The van der Waals surface area contributed by atoms with E-state index in [1.165, 1.54) is 10.9 Å². The van der Waals surface area contributed by atoms with Crippen LogP contribution in [0.2, 0.25) is 0 Å². The zero-order valence-electron chi connectivity index (χ0n) is 11.9. The van der Waals surface area contributed by atoms with E-state index in [2.05, 4.69) is 28.5 Å². The molecular formula is C11H23N5O2S. The van der Waals surface area contributed by atoms with E-state index in [4.69, 9.17) is 5.73 Å². The average molecular weight is 289 g/mol. The summed E-state index contributed by atoms with van der Waals surface area (Å²) in [4.78, 5) is 5.88. The Kier molecular flexibility index (Phi) is 5.33. The highest BCUT2D eigenvalue weighted by Crippen LogP contribution is 2.14. The minimum atomic E-state index is -3.61. The molecule has 0 spiro atoms. The second kappa shape index (κ2) is 6.36. The van der Waals surface area contributed by atoms with Crippen molar-refractivity contribution in [2.75, 3.05) is 25.9 Å². The molecule has 19 heavy (non-hydrogen) atoms. The van der Waals surface area contributed by atoms with Crippen molar-refractivity contribution >= 4 is 15.8 Å². The first-order valence-electron chi connectivity index (χ1n) is 6.26. The molecule has 3 N–H and O–H groups in total. The maximum Gasteiger partial charge on any atom is 0.260 e. The summed E-state index contributed by atoms with van der Waals surface area (Å²) in [5.74, 6) is 0.0188. The molecule has 7 nitrogen and oxygen atoms in total. The SMILES string of the molecule is CCC(C)N(C)CCNS(=O)(=O)c1c(N)ncn1C. The van der Waals surface area contributed by atoms with Crippen molar-refractivity contribution in [3.05, 3.63) is 6.33 Å². The molecule has 0 aromatic carbocycles. The van der Waals surface area contributed by atoms with Crippen LogP contribution in [0.25, 0.3) is 0 Å². The number of imidazole rings is 1. The fourth-order valence-electron chi connectivity index (χ4n) is 1.72. The second-order valence-corrected chi connectivity index (χ2v) is 6.36. The maximum atomic E-state index is 12.1. The van der Waals surface area contributed by atoms with Crippen molar-refractivity contribution in [3.63, 3.8) is 0 Å². The van der Waals surface area contributed by atoms with Gasteiger partial charge < -0.3 is 15.2 Å². The normalized spacial score (nSPS) is 13.9. The van der Waals surface area contributed by atoms with Crippen molar-refractivity contribution < 1.29 is 8.42 Å². The number of nitrogens with two attached hydrogens (primary N) is 1. The number of hydrogen-bond donors (Lipinski definition) is 2. The van der Waals surface area contributed by atoms with Crippen molar-refractivity contribution in [1.29, 1.82) is 0 Å². The standard InChI is InChI=1S/C11H23N5O2S/c1-5-9(2)15(3)7-6-14-19(17,18)11-10(12)13-8-16(11)4/h8-9,14H,5-7,12H2,1-4H3. The smallest absolute Gasteiger partial charge is 0.260 e. The van der Waals surface area contributed by atoms with Gasteiger partial charge in [-0.25, -0.2) is 18.1 Å². The van der Waals surface area contributed by atoms with E-state index in [-0.39, 0.29) is 10.8 Å². The molecule has 8 heteroatoms. The van der Waals surface area contributed by atoms with Gasteiger partial charge in [-0.2, -0.15) is 0 Å². The molecule has 0 fully saturated rings. The minimum absolute atomic E-state index is 0.0127.